The molecule has 0 fully saturated rings. The van der Waals surface area contributed by atoms with E-state index in [2.05, 4.69) is 403 Å². The number of H-pyrrole nitrogens is 3. The number of aromatic nitrogens is 16. The van der Waals surface area contributed by atoms with Crippen molar-refractivity contribution in [3.8, 4) is 0 Å². The van der Waals surface area contributed by atoms with Gasteiger partial charge in [-0.1, -0.05) is 314 Å². The second-order valence-corrected chi connectivity index (χ2v) is 42.0. The Labute approximate surface area is 886 Å². The molecule has 0 aliphatic heterocycles. The number of nitrogens with zero attached hydrogens (tertiary/aromatic N) is 13. The molecule has 12 rings (SSSR count). The van der Waals surface area contributed by atoms with Crippen LogP contribution in [-0.4, -0.2) is 79.1 Å². The Hall–Kier alpha value is -2.62. The molecular formula is C91H135N16O4Re9S4-9. The van der Waals surface area contributed by atoms with Crippen molar-refractivity contribution in [1.82, 2.24) is 79.1 Å². The standard InChI is InChI=1S/3C9H14N2.C8H13N2.4C7H10NO.4C7H10NS.9Re/c1-5-8-10-6-7(11-8)9(2,3)4;1-5-8-7(6-10-11-8)9(2,3)4;1-5-7-6-8(11-10-7)9(2,3)4;1-8(2,3)7-5-6-9-10(7)4;1-7(2,3)6-4-9-5-8-6;1-7(2,3)6-4-8-5-9-6;1-7(2,3)6-4-8-9-5-6;1-7(2,3)6-4-5-8-9-6;1-7(2,3)6-4-9-5-8-6;1-7(2,3)6-4-8-5-9-6;1-7(2,3)6-4-8-9-5-6;1-7(2,3)6-4-5-8-9-6;;;;;;;;;/h3*5-6H,1H2,2-4H3,(H,10,11);5H,1-4H3;2*4H,1-3H3;5H,1-3H3;3*4H,1-3H3;5H,1-3H3;4H,1-3H3;;;;;;;;;/q;;;9*-1;;;;;;;;;. The molecule has 3 N–H and O–H groups in total. The Kier molecular flexibility index (Phi) is 71.3. The van der Waals surface area contributed by atoms with Crippen LogP contribution < -0.4 is 0 Å². The number of aromatic amines is 3. The molecule has 0 bridgehead atoms. The molecule has 33 heteroatoms. The van der Waals surface area contributed by atoms with Crippen molar-refractivity contribution in [3.63, 3.8) is 0 Å². The van der Waals surface area contributed by atoms with Crippen LogP contribution in [0.5, 0.6) is 0 Å². The van der Waals surface area contributed by atoms with Crippen LogP contribution in [0.1, 0.15) is 333 Å². The predicted octanol–water partition coefficient (Wildman–Crippen LogP) is 24.6. The van der Waals surface area contributed by atoms with Gasteiger partial charge in [-0.05, 0) is 91.9 Å². The van der Waals surface area contributed by atoms with Crippen LogP contribution in [0.15, 0.2) is 110 Å². The first-order valence-corrected chi connectivity index (χ1v) is 41.3. The van der Waals surface area contributed by atoms with Crippen molar-refractivity contribution in [2.75, 3.05) is 0 Å². The average molecular weight is 3320 g/mol. The summed E-state index contributed by atoms with van der Waals surface area (Å²) in [6, 6.07) is 7.66. The third-order valence-corrected chi connectivity index (χ3v) is 19.0. The fraction of sp³-hybridized carbons (Fsp3) is 0.538. The van der Waals surface area contributed by atoms with Crippen LogP contribution in [0.4, 0.5) is 0 Å². The molecule has 0 spiro atoms. The third kappa shape index (κ3) is 58.3. The maximum atomic E-state index is 4.96. The monoisotopic (exact) mass is 3330 g/mol. The molecular weight excluding hydrogens is 3190 g/mol. The van der Waals surface area contributed by atoms with Crippen molar-refractivity contribution < 1.29 is 202 Å². The molecule has 0 aromatic carbocycles. The van der Waals surface area contributed by atoms with Gasteiger partial charge in [0.1, 0.15) is 18.6 Å². The first kappa shape index (κ1) is 139. The first-order chi connectivity index (χ1) is 52.5. The summed E-state index contributed by atoms with van der Waals surface area (Å²) in [5.74, 6) is 2.60. The fourth-order valence-electron chi connectivity index (χ4n) is 7.98. The summed E-state index contributed by atoms with van der Waals surface area (Å²) in [5.41, 5.74) is 18.5. The van der Waals surface area contributed by atoms with Crippen molar-refractivity contribution >= 4 is 64.0 Å². The number of oxazole rings is 2. The predicted molar refractivity (Wildman–Crippen MR) is 478 cm³/mol. The van der Waals surface area contributed by atoms with Gasteiger partial charge in [0.25, 0.3) is 0 Å². The number of hydrogen-bond donors (Lipinski definition) is 3. The van der Waals surface area contributed by atoms with Crippen molar-refractivity contribution in [2.45, 2.75) is 314 Å². The molecule has 0 saturated carbocycles. The van der Waals surface area contributed by atoms with Gasteiger partial charge in [-0.25, -0.2) is 21.4 Å². The number of hydrogen-bond acceptors (Lipinski definition) is 20. The van der Waals surface area contributed by atoms with Crippen LogP contribution in [0, 0.1) is 54.8 Å². The first-order valence-electron chi connectivity index (χ1n) is 38.0. The third-order valence-electron chi connectivity index (χ3n) is 15.7. The molecule has 12 aromatic heterocycles. The molecule has 20 nitrogen and oxygen atoms in total. The average Bonchev–Trinajstić information content (AvgIpc) is 1.73. The van der Waals surface area contributed by atoms with E-state index < -0.39 is 0 Å². The summed E-state index contributed by atoms with van der Waals surface area (Å²) in [5, 5.41) is 28.9. The van der Waals surface area contributed by atoms with E-state index in [4.69, 9.17) is 13.4 Å². The van der Waals surface area contributed by atoms with Gasteiger partial charge in [0.2, 0.25) is 0 Å². The van der Waals surface area contributed by atoms with Gasteiger partial charge in [0.15, 0.2) is 0 Å². The van der Waals surface area contributed by atoms with Crippen molar-refractivity contribution in [1.29, 1.82) is 0 Å². The molecule has 9 radical (unpaired) electrons. The summed E-state index contributed by atoms with van der Waals surface area (Å²) in [7, 11) is 1.94. The van der Waals surface area contributed by atoms with E-state index in [1.165, 1.54) is 61.0 Å². The SMILES string of the molecule is C=Cc1[nH]ncc1C(C)(C)C.C=Cc1cc(C(C)(C)C)[nH]n1.C=Cc1ncc(C(C)(C)C)[nH]1.CC(C)(C)c1[c-]noc1.CC(C)(C)c1[c-]nsc1.CC(C)(C)c1c[c-]no1.CC(C)(C)c1c[c-]ns1.CC(C)(C)c1cn[c-]o1.CC(C)(C)c1cn[c-]s1.CC(C)(C)c1co[c-]n1.CC(C)(C)c1cs[c-]n1.Cn1n[c-]cc1C(C)(C)C.[Re].[Re].[Re].[Re].[Re].[Re].[Re].[Re].[Re]. The normalized spacial score (nSPS) is 10.9. The fourth-order valence-corrected chi connectivity index (χ4v) is 10.6. The molecule has 0 atom stereocenters. The minimum absolute atomic E-state index is 0. The number of thiazole rings is 2. The zero-order valence-corrected chi connectivity index (χ0v) is 107. The van der Waals surface area contributed by atoms with Crippen LogP contribution in [-0.2, 0) is 256 Å². The summed E-state index contributed by atoms with van der Waals surface area (Å²) in [4.78, 5) is 25.4. The summed E-state index contributed by atoms with van der Waals surface area (Å²) >= 11 is 6.11. The van der Waals surface area contributed by atoms with Crippen molar-refractivity contribution in [2.24, 2.45) is 7.05 Å². The Balaban J connectivity index is -0.000000165. The number of aryl methyl sites for hydroxylation is 1. The molecule has 0 aliphatic rings. The van der Waals surface area contributed by atoms with E-state index in [1.54, 1.807) is 54.4 Å². The topological polar surface area (TPSA) is 260 Å². The van der Waals surface area contributed by atoms with Gasteiger partial charge < -0.3 is 61.3 Å². The Morgan fingerprint density at radius 2 is 1.02 bits per heavy atom. The summed E-state index contributed by atoms with van der Waals surface area (Å²) in [6.07, 6.45) is 34.6. The van der Waals surface area contributed by atoms with E-state index in [0.29, 0.717) is 0 Å². The molecule has 0 unspecified atom stereocenters. The molecule has 699 valence electrons. The molecule has 124 heavy (non-hydrogen) atoms. The molecule has 12 aromatic rings. The van der Waals surface area contributed by atoms with E-state index in [-0.39, 0.29) is 249 Å². The number of nitrogens with one attached hydrogen (secondary N) is 3. The second kappa shape index (κ2) is 63.5. The van der Waals surface area contributed by atoms with E-state index in [9.17, 15) is 0 Å². The van der Waals surface area contributed by atoms with E-state index in [1.807, 2.05) is 59.3 Å². The maximum Gasteiger partial charge on any atom is 0.129 e. The zero-order chi connectivity index (χ0) is 88.5. The molecule has 12 heterocycles. The minimum atomic E-state index is 0. The van der Waals surface area contributed by atoms with Gasteiger partial charge in [-0.2, -0.15) is 56.5 Å². The smallest absolute Gasteiger partial charge is 0.129 e. The van der Waals surface area contributed by atoms with Crippen LogP contribution in [0.3, 0.4) is 0 Å². The maximum absolute atomic E-state index is 4.96. The summed E-state index contributed by atoms with van der Waals surface area (Å²) in [6.45, 7) is 87.8. The number of rotatable bonds is 3. The van der Waals surface area contributed by atoms with Crippen LogP contribution in [0.2, 0.25) is 0 Å². The Morgan fingerprint density at radius 1 is 0.452 bits per heavy atom. The van der Waals surface area contributed by atoms with Crippen LogP contribution in [0.25, 0.3) is 18.2 Å². The van der Waals surface area contributed by atoms with E-state index >= 15 is 0 Å². The quantitative estimate of drug-likeness (QED) is 0.139. The van der Waals surface area contributed by atoms with Gasteiger partial charge in [-0.15, -0.1) is 57.2 Å². The largest absolute Gasteiger partial charge is 0.581 e. The molecule has 0 saturated heterocycles. The van der Waals surface area contributed by atoms with Crippen LogP contribution >= 0.6 is 45.7 Å². The second-order valence-electron chi connectivity index (χ2n) is 39.1. The Bertz CT molecular complexity index is 3870. The van der Waals surface area contributed by atoms with Gasteiger partial charge >= 0.3 is 0 Å². The summed E-state index contributed by atoms with van der Waals surface area (Å²) < 4.78 is 28.9. The zero-order valence-electron chi connectivity index (χ0n) is 79.8. The van der Waals surface area contributed by atoms with Gasteiger partial charge in [0.05, 0.1) is 17.6 Å². The molecule has 0 aliphatic carbocycles. The van der Waals surface area contributed by atoms with Gasteiger partial charge in [-0.3, -0.25) is 32.9 Å². The van der Waals surface area contributed by atoms with Crippen molar-refractivity contribution in [3.05, 3.63) is 231 Å². The number of imidazole rings is 1. The minimum Gasteiger partial charge on any atom is -0.581 e. The molecule has 0 amide bonds. The van der Waals surface area contributed by atoms with E-state index in [0.717, 1.165) is 57.1 Å². The Morgan fingerprint density at radius 3 is 1.24 bits per heavy atom. The van der Waals surface area contributed by atoms with Gasteiger partial charge in [0, 0.05) is 225 Å².